The Balaban J connectivity index is 1.21. The highest BCUT2D eigenvalue weighted by Crippen LogP contribution is 2.64. The molecule has 2 atom stereocenters. The van der Waals surface area contributed by atoms with Crippen LogP contribution in [0, 0.1) is 17.8 Å². The molecule has 5 aliphatic rings. The highest BCUT2D eigenvalue weighted by Gasteiger charge is 2.57. The number of nitrogens with one attached hydrogen (secondary N) is 1. The molecule has 3 nitrogen and oxygen atoms in total. The van der Waals surface area contributed by atoms with Gasteiger partial charge >= 0.3 is 0 Å². The summed E-state index contributed by atoms with van der Waals surface area (Å²) < 4.78 is 0. The van der Waals surface area contributed by atoms with Crippen LogP contribution < -0.4 is 5.32 Å². The number of fused-ring (bicyclic) bond motifs is 1. The Morgan fingerprint density at radius 1 is 1.15 bits per heavy atom. The first-order valence-electron chi connectivity index (χ1n) is 10.1. The zero-order valence-electron chi connectivity index (χ0n) is 14.9. The second-order valence-corrected chi connectivity index (χ2v) is 11.0. The van der Waals surface area contributed by atoms with Crippen molar-refractivity contribution < 1.29 is 4.79 Å². The molecule has 4 saturated carbocycles. The van der Waals surface area contributed by atoms with Gasteiger partial charge in [-0.05, 0) is 87.2 Å². The van der Waals surface area contributed by atoms with Crippen molar-refractivity contribution in [3.05, 3.63) is 32.5 Å². The number of anilines is 1. The average molecular weight is 385 g/mol. The minimum Gasteiger partial charge on any atom is -0.297 e. The van der Waals surface area contributed by atoms with Gasteiger partial charge in [0, 0.05) is 15.7 Å². The molecule has 5 heteroatoms. The van der Waals surface area contributed by atoms with Crippen LogP contribution in [0.3, 0.4) is 0 Å². The number of hydrogen-bond acceptors (Lipinski definition) is 4. The van der Waals surface area contributed by atoms with Gasteiger partial charge in [0.25, 0.3) is 5.91 Å². The van der Waals surface area contributed by atoms with Crippen molar-refractivity contribution in [1.82, 2.24) is 4.98 Å². The number of carbonyl (C=O) groups excluding carboxylic acids is 1. The molecule has 136 valence electrons. The van der Waals surface area contributed by atoms with E-state index in [4.69, 9.17) is 4.98 Å². The number of thiazole rings is 1. The number of carbonyl (C=O) groups is 1. The largest absolute Gasteiger partial charge is 0.297 e. The van der Waals surface area contributed by atoms with Crippen molar-refractivity contribution in [2.45, 2.75) is 63.2 Å². The molecule has 1 N–H and O–H groups in total. The van der Waals surface area contributed by atoms with Gasteiger partial charge < -0.3 is 0 Å². The van der Waals surface area contributed by atoms with Crippen molar-refractivity contribution in [1.29, 1.82) is 0 Å². The smallest absolute Gasteiger partial charge is 0.267 e. The molecule has 0 saturated heterocycles. The Kier molecular flexibility index (Phi) is 3.44. The van der Waals surface area contributed by atoms with Crippen LogP contribution >= 0.6 is 22.7 Å². The Morgan fingerprint density at radius 2 is 1.96 bits per heavy atom. The Morgan fingerprint density at radius 3 is 2.73 bits per heavy atom. The van der Waals surface area contributed by atoms with Gasteiger partial charge in [-0.25, -0.2) is 4.98 Å². The lowest BCUT2D eigenvalue weighted by atomic mass is 9.68. The summed E-state index contributed by atoms with van der Waals surface area (Å²) in [4.78, 5) is 19.9. The number of thiophene rings is 1. The molecule has 2 unspecified atom stereocenters. The summed E-state index contributed by atoms with van der Waals surface area (Å²) >= 11 is 3.29. The molecule has 0 spiro atoms. The van der Waals surface area contributed by atoms with E-state index in [1.807, 2.05) is 0 Å². The lowest BCUT2D eigenvalue weighted by Gasteiger charge is -2.37. The predicted octanol–water partition coefficient (Wildman–Crippen LogP) is 5.41. The molecule has 7 rings (SSSR count). The van der Waals surface area contributed by atoms with E-state index in [-0.39, 0.29) is 5.91 Å². The molecule has 1 amide bonds. The van der Waals surface area contributed by atoms with Crippen LogP contribution in [-0.2, 0) is 18.3 Å². The molecule has 0 aromatic carbocycles. The van der Waals surface area contributed by atoms with Crippen LogP contribution in [0.15, 0.2) is 11.4 Å². The SMILES string of the molecule is O=C(Nc1nc(C23CC4CC(C2)C(C4)C3)cs1)c1cc2c(s1)CCCC2. The second kappa shape index (κ2) is 5.65. The third-order valence-electron chi connectivity index (χ3n) is 7.41. The average Bonchev–Trinajstić information content (AvgIpc) is 3.37. The van der Waals surface area contributed by atoms with Crippen molar-refractivity contribution in [3.63, 3.8) is 0 Å². The first kappa shape index (κ1) is 15.8. The number of aryl methyl sites for hydroxylation is 2. The molecule has 26 heavy (non-hydrogen) atoms. The van der Waals surface area contributed by atoms with Gasteiger partial charge in [0.05, 0.1) is 10.6 Å². The summed E-state index contributed by atoms with van der Waals surface area (Å²) in [5.41, 5.74) is 2.99. The van der Waals surface area contributed by atoms with Crippen LogP contribution in [-0.4, -0.2) is 10.9 Å². The van der Waals surface area contributed by atoms with Crippen LogP contribution in [0.2, 0.25) is 0 Å². The van der Waals surface area contributed by atoms with Crippen molar-refractivity contribution in [3.8, 4) is 0 Å². The van der Waals surface area contributed by atoms with Crippen molar-refractivity contribution in [2.24, 2.45) is 17.8 Å². The van der Waals surface area contributed by atoms with Gasteiger partial charge in [0.15, 0.2) is 5.13 Å². The van der Waals surface area contributed by atoms with E-state index in [1.54, 1.807) is 22.7 Å². The lowest BCUT2D eigenvalue weighted by Crippen LogP contribution is -2.31. The minimum absolute atomic E-state index is 0.0265. The lowest BCUT2D eigenvalue weighted by molar-refractivity contribution is 0.103. The fraction of sp³-hybridized carbons (Fsp3) is 0.619. The Hall–Kier alpha value is -1.20. The normalized spacial score (nSPS) is 34.2. The van der Waals surface area contributed by atoms with E-state index in [9.17, 15) is 4.79 Å². The van der Waals surface area contributed by atoms with Crippen LogP contribution in [0.25, 0.3) is 0 Å². The minimum atomic E-state index is 0.0265. The maximum Gasteiger partial charge on any atom is 0.267 e. The third-order valence-corrected chi connectivity index (χ3v) is 9.41. The molecule has 0 radical (unpaired) electrons. The van der Waals surface area contributed by atoms with Crippen LogP contribution in [0.4, 0.5) is 5.13 Å². The zero-order valence-corrected chi connectivity index (χ0v) is 16.6. The zero-order chi connectivity index (χ0) is 17.3. The fourth-order valence-corrected chi connectivity index (χ4v) is 8.44. The van der Waals surface area contributed by atoms with E-state index in [1.165, 1.54) is 61.1 Å². The molecule has 0 aliphatic heterocycles. The number of amides is 1. The van der Waals surface area contributed by atoms with Crippen molar-refractivity contribution in [2.75, 3.05) is 5.32 Å². The number of rotatable bonds is 3. The van der Waals surface area contributed by atoms with Gasteiger partial charge in [-0.15, -0.1) is 22.7 Å². The first-order valence-corrected chi connectivity index (χ1v) is 11.8. The summed E-state index contributed by atoms with van der Waals surface area (Å²) in [6.07, 6.45) is 11.7. The topological polar surface area (TPSA) is 42.0 Å². The van der Waals surface area contributed by atoms with E-state index in [0.717, 1.165) is 40.6 Å². The summed E-state index contributed by atoms with van der Waals surface area (Å²) in [5, 5.41) is 6.09. The van der Waals surface area contributed by atoms with Gasteiger partial charge in [-0.2, -0.15) is 0 Å². The van der Waals surface area contributed by atoms with Gasteiger partial charge in [-0.1, -0.05) is 0 Å². The molecular weight excluding hydrogens is 360 g/mol. The Labute approximate surface area is 162 Å². The first-order chi connectivity index (χ1) is 12.7. The van der Waals surface area contributed by atoms with Gasteiger partial charge in [-0.3, -0.25) is 10.1 Å². The predicted molar refractivity (Wildman–Crippen MR) is 106 cm³/mol. The summed E-state index contributed by atoms with van der Waals surface area (Å²) in [6, 6.07) is 2.11. The molecule has 4 fully saturated rings. The molecular formula is C21H24N2OS2. The van der Waals surface area contributed by atoms with E-state index in [0.29, 0.717) is 5.41 Å². The van der Waals surface area contributed by atoms with Crippen LogP contribution in [0.1, 0.15) is 70.8 Å². The Bertz CT molecular complexity index is 839. The highest BCUT2D eigenvalue weighted by atomic mass is 32.1. The standard InChI is InChI=1S/C21H24N2OS2/c24-19(17-7-13-3-1-2-4-16(13)26-17)23-20-22-18(11-25-20)21-8-12-5-14(9-21)15(6-12)10-21/h7,11-12,14-15H,1-6,8-10H2,(H,22,23,24). The molecule has 5 aliphatic carbocycles. The van der Waals surface area contributed by atoms with Crippen LogP contribution in [0.5, 0.6) is 0 Å². The molecule has 2 heterocycles. The highest BCUT2D eigenvalue weighted by molar-refractivity contribution is 7.15. The number of nitrogens with zero attached hydrogens (tertiary/aromatic N) is 1. The third kappa shape index (κ3) is 2.36. The summed E-state index contributed by atoms with van der Waals surface area (Å²) in [5.74, 6) is 2.86. The maximum absolute atomic E-state index is 12.7. The monoisotopic (exact) mass is 384 g/mol. The number of hydrogen-bond donors (Lipinski definition) is 1. The van der Waals surface area contributed by atoms with E-state index < -0.39 is 0 Å². The van der Waals surface area contributed by atoms with Crippen molar-refractivity contribution >= 4 is 33.7 Å². The summed E-state index contributed by atoms with van der Waals surface area (Å²) in [6.45, 7) is 0. The van der Waals surface area contributed by atoms with E-state index in [2.05, 4.69) is 16.8 Å². The summed E-state index contributed by atoms with van der Waals surface area (Å²) in [7, 11) is 0. The molecule has 2 aromatic rings. The second-order valence-electron chi connectivity index (χ2n) is 9.01. The van der Waals surface area contributed by atoms with Gasteiger partial charge in [0.1, 0.15) is 0 Å². The molecule has 2 aromatic heterocycles. The molecule has 4 bridgehead atoms. The maximum atomic E-state index is 12.7. The fourth-order valence-electron chi connectivity index (χ4n) is 6.46. The van der Waals surface area contributed by atoms with Gasteiger partial charge in [0.2, 0.25) is 0 Å². The number of aromatic nitrogens is 1. The van der Waals surface area contributed by atoms with E-state index >= 15 is 0 Å². The quantitative estimate of drug-likeness (QED) is 0.768.